The topological polar surface area (TPSA) is 119 Å². The Bertz CT molecular complexity index is 2250. The van der Waals surface area contributed by atoms with Crippen LogP contribution in [0.5, 0.6) is 0 Å². The lowest BCUT2D eigenvalue weighted by atomic mass is 10.1. The Labute approximate surface area is 352 Å². The van der Waals surface area contributed by atoms with Crippen LogP contribution in [0.3, 0.4) is 0 Å². The second kappa shape index (κ2) is 19.9. The SMILES string of the molecule is C[Si](C)(C)CN(Cc1ccccc1)C(=O)CN(Cc1ccccc1)C(=O)CN(Cc1ccccc1)C(=O)CN(Cc1ccccc1)C(=O)CN1C(=O)c2ccccc2C1=O. The summed E-state index contributed by atoms with van der Waals surface area (Å²) in [5, 5.41) is 0. The van der Waals surface area contributed by atoms with Crippen molar-refractivity contribution in [3.05, 3.63) is 179 Å². The normalized spacial score (nSPS) is 12.2. The molecule has 5 aromatic carbocycles. The Morgan fingerprint density at radius 3 is 1.03 bits per heavy atom. The highest BCUT2D eigenvalue weighted by molar-refractivity contribution is 6.76. The van der Waals surface area contributed by atoms with Gasteiger partial charge in [0.05, 0.1) is 19.2 Å². The van der Waals surface area contributed by atoms with Gasteiger partial charge in [0, 0.05) is 32.3 Å². The number of benzene rings is 5. The molecule has 1 aliphatic rings. The molecule has 11 nitrogen and oxygen atoms in total. The molecule has 0 atom stereocenters. The van der Waals surface area contributed by atoms with E-state index in [1.165, 1.54) is 14.7 Å². The molecular formula is C48H51N5O6Si. The number of fused-ring (bicyclic) bond motifs is 1. The summed E-state index contributed by atoms with van der Waals surface area (Å²) in [7, 11) is -1.79. The maximum atomic E-state index is 14.6. The Morgan fingerprint density at radius 1 is 0.417 bits per heavy atom. The van der Waals surface area contributed by atoms with Crippen LogP contribution in [0.1, 0.15) is 43.0 Å². The van der Waals surface area contributed by atoms with Crippen LogP contribution in [0.4, 0.5) is 0 Å². The molecule has 0 spiro atoms. The second-order valence-electron chi connectivity index (χ2n) is 16.2. The summed E-state index contributed by atoms with van der Waals surface area (Å²) >= 11 is 0. The van der Waals surface area contributed by atoms with Crippen molar-refractivity contribution in [2.75, 3.05) is 32.3 Å². The van der Waals surface area contributed by atoms with Gasteiger partial charge in [0.2, 0.25) is 23.6 Å². The number of hydrogen-bond donors (Lipinski definition) is 0. The van der Waals surface area contributed by atoms with Crippen LogP contribution < -0.4 is 0 Å². The number of hydrogen-bond acceptors (Lipinski definition) is 6. The smallest absolute Gasteiger partial charge is 0.262 e. The average Bonchev–Trinajstić information content (AvgIpc) is 3.48. The highest BCUT2D eigenvalue weighted by atomic mass is 28.3. The van der Waals surface area contributed by atoms with Crippen LogP contribution in [0.2, 0.25) is 19.6 Å². The van der Waals surface area contributed by atoms with Crippen molar-refractivity contribution in [2.24, 2.45) is 0 Å². The second-order valence-corrected chi connectivity index (χ2v) is 21.7. The summed E-state index contributed by atoms with van der Waals surface area (Å²) in [4.78, 5) is 90.9. The lowest BCUT2D eigenvalue weighted by Gasteiger charge is -2.33. The van der Waals surface area contributed by atoms with E-state index in [0.717, 1.165) is 27.2 Å². The van der Waals surface area contributed by atoms with E-state index >= 15 is 0 Å². The molecule has 0 unspecified atom stereocenters. The van der Waals surface area contributed by atoms with Gasteiger partial charge in [0.15, 0.2) is 0 Å². The third-order valence-electron chi connectivity index (χ3n) is 10.1. The van der Waals surface area contributed by atoms with E-state index in [4.69, 9.17) is 0 Å². The van der Waals surface area contributed by atoms with Crippen molar-refractivity contribution >= 4 is 43.5 Å². The predicted molar refractivity (Wildman–Crippen MR) is 233 cm³/mol. The van der Waals surface area contributed by atoms with Crippen molar-refractivity contribution in [3.63, 3.8) is 0 Å². The van der Waals surface area contributed by atoms with Gasteiger partial charge in [-0.25, -0.2) is 0 Å². The Morgan fingerprint density at radius 2 is 0.700 bits per heavy atom. The molecule has 5 aromatic rings. The molecule has 0 N–H and O–H groups in total. The quantitative estimate of drug-likeness (QED) is 0.0760. The Kier molecular flexibility index (Phi) is 14.2. The molecule has 308 valence electrons. The number of amides is 6. The Hall–Kier alpha value is -6.66. The molecule has 0 saturated carbocycles. The Balaban J connectivity index is 1.26. The van der Waals surface area contributed by atoms with Gasteiger partial charge in [0.1, 0.15) is 26.2 Å². The van der Waals surface area contributed by atoms with E-state index in [9.17, 15) is 28.8 Å². The standard InChI is InChI=1S/C48H51N5O6Si/c1-60(2,3)36-52(31-40-24-14-7-15-25-40)45(56)34-50(29-38-20-10-5-11-21-38)43(54)32-49(28-37-18-8-4-9-19-37)44(55)33-51(30-39-22-12-6-13-23-39)46(57)35-53-47(58)41-26-16-17-27-42(41)48(53)59/h4-27H,28-36H2,1-3H3. The number of carbonyl (C=O) groups is 6. The molecule has 6 rings (SSSR count). The van der Waals surface area contributed by atoms with Gasteiger partial charge >= 0.3 is 0 Å². The molecule has 60 heavy (non-hydrogen) atoms. The summed E-state index contributed by atoms with van der Waals surface area (Å²) in [6, 6.07) is 43.9. The van der Waals surface area contributed by atoms with Gasteiger partial charge in [-0.05, 0) is 34.4 Å². The van der Waals surface area contributed by atoms with Crippen LogP contribution >= 0.6 is 0 Å². The fourth-order valence-corrected chi connectivity index (χ4v) is 8.56. The largest absolute Gasteiger partial charge is 0.340 e. The monoisotopic (exact) mass is 821 g/mol. The lowest BCUT2D eigenvalue weighted by Crippen LogP contribution is -2.51. The van der Waals surface area contributed by atoms with Crippen LogP contribution in [-0.4, -0.2) is 100 Å². The van der Waals surface area contributed by atoms with Gasteiger partial charge < -0.3 is 19.6 Å². The molecule has 0 aliphatic carbocycles. The summed E-state index contributed by atoms with van der Waals surface area (Å²) in [6.45, 7) is 5.65. The molecule has 1 heterocycles. The third kappa shape index (κ3) is 11.7. The van der Waals surface area contributed by atoms with E-state index in [0.29, 0.717) is 12.7 Å². The molecule has 0 bridgehead atoms. The molecule has 1 aliphatic heterocycles. The summed E-state index contributed by atoms with van der Waals surface area (Å²) in [5.74, 6) is -2.91. The number of nitrogens with zero attached hydrogens (tertiary/aromatic N) is 5. The summed E-state index contributed by atoms with van der Waals surface area (Å²) in [5.41, 5.74) is 3.75. The minimum Gasteiger partial charge on any atom is -0.340 e. The molecule has 0 aromatic heterocycles. The van der Waals surface area contributed by atoms with Crippen LogP contribution in [0.15, 0.2) is 146 Å². The van der Waals surface area contributed by atoms with Crippen molar-refractivity contribution in [3.8, 4) is 0 Å². The van der Waals surface area contributed by atoms with Gasteiger partial charge in [-0.15, -0.1) is 0 Å². The minimum atomic E-state index is -1.79. The van der Waals surface area contributed by atoms with Crippen molar-refractivity contribution in [1.29, 1.82) is 0 Å². The first-order chi connectivity index (χ1) is 28.8. The zero-order valence-electron chi connectivity index (χ0n) is 34.4. The molecule has 12 heteroatoms. The highest BCUT2D eigenvalue weighted by Gasteiger charge is 2.38. The first-order valence-corrected chi connectivity index (χ1v) is 23.8. The fraction of sp³-hybridized carbons (Fsp3) is 0.250. The minimum absolute atomic E-state index is 0.0185. The summed E-state index contributed by atoms with van der Waals surface area (Å²) < 4.78 is 0. The third-order valence-corrected chi connectivity index (χ3v) is 11.4. The van der Waals surface area contributed by atoms with Crippen molar-refractivity contribution < 1.29 is 28.8 Å². The van der Waals surface area contributed by atoms with E-state index in [1.807, 2.05) is 126 Å². The van der Waals surface area contributed by atoms with Crippen molar-refractivity contribution in [1.82, 2.24) is 24.5 Å². The zero-order valence-corrected chi connectivity index (χ0v) is 35.4. The number of imide groups is 1. The van der Waals surface area contributed by atoms with Gasteiger partial charge in [-0.1, -0.05) is 153 Å². The molecule has 0 saturated heterocycles. The van der Waals surface area contributed by atoms with Crippen LogP contribution in [-0.2, 0) is 45.4 Å². The van der Waals surface area contributed by atoms with Gasteiger partial charge in [-0.2, -0.15) is 0 Å². The maximum absolute atomic E-state index is 14.6. The van der Waals surface area contributed by atoms with Crippen molar-refractivity contribution in [2.45, 2.75) is 45.8 Å². The number of carbonyl (C=O) groups excluding carboxylic acids is 6. The lowest BCUT2D eigenvalue weighted by molar-refractivity contribution is -0.147. The average molecular weight is 822 g/mol. The first-order valence-electron chi connectivity index (χ1n) is 20.1. The summed E-state index contributed by atoms with van der Waals surface area (Å²) in [6.07, 6.45) is 0.596. The molecule has 0 fully saturated rings. The molecular weight excluding hydrogens is 771 g/mol. The number of rotatable bonds is 18. The van der Waals surface area contributed by atoms with Gasteiger partial charge in [-0.3, -0.25) is 33.7 Å². The molecule has 0 radical (unpaired) electrons. The zero-order chi connectivity index (χ0) is 42.6. The van der Waals surface area contributed by atoms with E-state index in [2.05, 4.69) is 19.6 Å². The maximum Gasteiger partial charge on any atom is 0.262 e. The fourth-order valence-electron chi connectivity index (χ4n) is 7.12. The van der Waals surface area contributed by atoms with E-state index in [-0.39, 0.29) is 49.8 Å². The van der Waals surface area contributed by atoms with E-state index < -0.39 is 50.7 Å². The van der Waals surface area contributed by atoms with Crippen LogP contribution in [0, 0.1) is 0 Å². The predicted octanol–water partition coefficient (Wildman–Crippen LogP) is 6.28. The van der Waals surface area contributed by atoms with Crippen LogP contribution in [0.25, 0.3) is 0 Å². The first kappa shape index (κ1) is 42.9. The molecule has 6 amide bonds. The van der Waals surface area contributed by atoms with Gasteiger partial charge in [0.25, 0.3) is 11.8 Å². The highest BCUT2D eigenvalue weighted by Crippen LogP contribution is 2.23. The van der Waals surface area contributed by atoms with E-state index in [1.54, 1.807) is 24.3 Å².